The van der Waals surface area contributed by atoms with Crippen molar-refractivity contribution in [1.29, 1.82) is 0 Å². The van der Waals surface area contributed by atoms with Crippen LogP contribution in [0.4, 0.5) is 5.69 Å². The van der Waals surface area contributed by atoms with E-state index in [-0.39, 0.29) is 17.9 Å². The van der Waals surface area contributed by atoms with Crippen molar-refractivity contribution in [2.45, 2.75) is 33.1 Å². The molecule has 1 aromatic rings. The first kappa shape index (κ1) is 16.0. The minimum atomic E-state index is 0.0392. The van der Waals surface area contributed by atoms with Crippen LogP contribution in [0.1, 0.15) is 31.7 Å². The number of benzene rings is 1. The lowest BCUT2D eigenvalue weighted by Gasteiger charge is -2.39. The molecule has 1 heterocycles. The molecule has 0 radical (unpaired) electrons. The van der Waals surface area contributed by atoms with E-state index in [0.717, 1.165) is 43.6 Å². The number of piperidine rings is 1. The molecule has 1 amide bonds. The first-order valence-corrected chi connectivity index (χ1v) is 7.77. The second-order valence-corrected chi connectivity index (χ2v) is 6.15. The van der Waals surface area contributed by atoms with Gasteiger partial charge in [-0.1, -0.05) is 25.1 Å². The smallest absolute Gasteiger partial charge is 0.238 e. The molecule has 1 saturated heterocycles. The average molecular weight is 290 g/mol. The highest BCUT2D eigenvalue weighted by Gasteiger charge is 2.32. The highest BCUT2D eigenvalue weighted by atomic mass is 16.3. The molecule has 0 atom stereocenters. The van der Waals surface area contributed by atoms with Crippen LogP contribution in [-0.2, 0) is 4.79 Å². The van der Waals surface area contributed by atoms with Crippen LogP contribution in [0.5, 0.6) is 0 Å². The zero-order chi connectivity index (χ0) is 15.3. The Kier molecular flexibility index (Phi) is 5.37. The Morgan fingerprint density at radius 3 is 2.57 bits per heavy atom. The van der Waals surface area contributed by atoms with Crippen molar-refractivity contribution >= 4 is 11.6 Å². The summed E-state index contributed by atoms with van der Waals surface area (Å²) in [6.07, 6.45) is 2.95. The number of aryl methyl sites for hydroxylation is 1. The quantitative estimate of drug-likeness (QED) is 0.875. The van der Waals surface area contributed by atoms with Crippen LogP contribution in [0, 0.1) is 12.3 Å². The molecule has 4 nitrogen and oxygen atoms in total. The Labute approximate surface area is 127 Å². The van der Waals surface area contributed by atoms with Gasteiger partial charge in [0.1, 0.15) is 0 Å². The number of carbonyl (C=O) groups is 1. The molecule has 0 spiro atoms. The molecule has 1 aliphatic heterocycles. The van der Waals surface area contributed by atoms with Gasteiger partial charge >= 0.3 is 0 Å². The Morgan fingerprint density at radius 2 is 2.00 bits per heavy atom. The SMILES string of the molecule is CCC1(CO)CCN(CC(=O)Nc2ccccc2C)CC1. The molecule has 4 heteroatoms. The van der Waals surface area contributed by atoms with Crippen LogP contribution in [0.25, 0.3) is 0 Å². The van der Waals surface area contributed by atoms with Crippen LogP contribution < -0.4 is 5.32 Å². The van der Waals surface area contributed by atoms with E-state index >= 15 is 0 Å². The van der Waals surface area contributed by atoms with Crippen molar-refractivity contribution in [1.82, 2.24) is 4.90 Å². The summed E-state index contributed by atoms with van der Waals surface area (Å²) >= 11 is 0. The van der Waals surface area contributed by atoms with Gasteiger partial charge in [-0.05, 0) is 56.3 Å². The first-order chi connectivity index (χ1) is 10.1. The summed E-state index contributed by atoms with van der Waals surface area (Å²) in [4.78, 5) is 14.3. The molecule has 0 aliphatic carbocycles. The third-order valence-corrected chi connectivity index (χ3v) is 4.79. The van der Waals surface area contributed by atoms with Gasteiger partial charge in [0.25, 0.3) is 0 Å². The van der Waals surface area contributed by atoms with Crippen LogP contribution in [0.2, 0.25) is 0 Å². The molecular formula is C17H26N2O2. The summed E-state index contributed by atoms with van der Waals surface area (Å²) in [7, 11) is 0. The molecule has 0 bridgehead atoms. The monoisotopic (exact) mass is 290 g/mol. The zero-order valence-corrected chi connectivity index (χ0v) is 13.1. The summed E-state index contributed by atoms with van der Waals surface area (Å²) < 4.78 is 0. The second kappa shape index (κ2) is 7.05. The maximum Gasteiger partial charge on any atom is 0.238 e. The van der Waals surface area contributed by atoms with Crippen LogP contribution in [0.3, 0.4) is 0 Å². The van der Waals surface area contributed by atoms with Gasteiger partial charge in [-0.15, -0.1) is 0 Å². The van der Waals surface area contributed by atoms with E-state index in [9.17, 15) is 9.90 Å². The number of nitrogens with one attached hydrogen (secondary N) is 1. The van der Waals surface area contributed by atoms with Crippen molar-refractivity contribution in [2.75, 3.05) is 31.6 Å². The molecule has 0 unspecified atom stereocenters. The minimum Gasteiger partial charge on any atom is -0.396 e. The lowest BCUT2D eigenvalue weighted by atomic mass is 9.77. The summed E-state index contributed by atoms with van der Waals surface area (Å²) in [5.74, 6) is 0.0392. The number of anilines is 1. The summed E-state index contributed by atoms with van der Waals surface area (Å²) in [5, 5.41) is 12.5. The van der Waals surface area contributed by atoms with Gasteiger partial charge in [-0.2, -0.15) is 0 Å². The number of rotatable bonds is 5. The summed E-state index contributed by atoms with van der Waals surface area (Å²) in [5.41, 5.74) is 2.04. The predicted molar refractivity (Wildman–Crippen MR) is 85.3 cm³/mol. The Balaban J connectivity index is 1.84. The number of aliphatic hydroxyl groups is 1. The molecule has 116 valence electrons. The van der Waals surface area contributed by atoms with Gasteiger partial charge < -0.3 is 10.4 Å². The molecule has 2 N–H and O–H groups in total. The van der Waals surface area contributed by atoms with E-state index in [1.807, 2.05) is 31.2 Å². The number of nitrogens with zero attached hydrogens (tertiary/aromatic N) is 1. The third kappa shape index (κ3) is 4.05. The van der Waals surface area contributed by atoms with Crippen LogP contribution in [0.15, 0.2) is 24.3 Å². The highest BCUT2D eigenvalue weighted by Crippen LogP contribution is 2.34. The summed E-state index contributed by atoms with van der Waals surface area (Å²) in [6.45, 7) is 6.58. The molecular weight excluding hydrogens is 264 g/mol. The van der Waals surface area contributed by atoms with Gasteiger partial charge in [-0.3, -0.25) is 9.69 Å². The molecule has 1 aromatic carbocycles. The predicted octanol–water partition coefficient (Wildman–Crippen LogP) is 2.42. The number of likely N-dealkylation sites (tertiary alicyclic amines) is 1. The van der Waals surface area contributed by atoms with Crippen molar-refractivity contribution in [3.05, 3.63) is 29.8 Å². The summed E-state index contributed by atoms with van der Waals surface area (Å²) in [6, 6.07) is 7.82. The number of amides is 1. The van der Waals surface area contributed by atoms with Gasteiger partial charge in [0.05, 0.1) is 6.54 Å². The lowest BCUT2D eigenvalue weighted by molar-refractivity contribution is -0.118. The normalized spacial score (nSPS) is 18.4. The number of aliphatic hydroxyl groups excluding tert-OH is 1. The number of para-hydroxylation sites is 1. The third-order valence-electron chi connectivity index (χ3n) is 4.79. The van der Waals surface area contributed by atoms with E-state index in [4.69, 9.17) is 0 Å². The van der Waals surface area contributed by atoms with Crippen molar-refractivity contribution < 1.29 is 9.90 Å². The highest BCUT2D eigenvalue weighted by molar-refractivity contribution is 5.92. The van der Waals surface area contributed by atoms with E-state index in [1.165, 1.54) is 0 Å². The maximum atomic E-state index is 12.1. The largest absolute Gasteiger partial charge is 0.396 e. The lowest BCUT2D eigenvalue weighted by Crippen LogP contribution is -2.44. The Bertz CT molecular complexity index is 473. The fourth-order valence-corrected chi connectivity index (χ4v) is 2.91. The molecule has 1 fully saturated rings. The van der Waals surface area contributed by atoms with Crippen LogP contribution in [-0.4, -0.2) is 42.2 Å². The van der Waals surface area contributed by atoms with Crippen molar-refractivity contribution in [3.8, 4) is 0 Å². The van der Waals surface area contributed by atoms with Crippen LogP contribution >= 0.6 is 0 Å². The Morgan fingerprint density at radius 1 is 1.33 bits per heavy atom. The Hall–Kier alpha value is -1.39. The fraction of sp³-hybridized carbons (Fsp3) is 0.588. The molecule has 21 heavy (non-hydrogen) atoms. The van der Waals surface area contributed by atoms with Crippen molar-refractivity contribution in [3.63, 3.8) is 0 Å². The number of hydrogen-bond donors (Lipinski definition) is 2. The molecule has 0 aromatic heterocycles. The molecule has 2 rings (SSSR count). The number of hydrogen-bond acceptors (Lipinski definition) is 3. The van der Waals surface area contributed by atoms with Gasteiger partial charge in [0, 0.05) is 12.3 Å². The molecule has 1 aliphatic rings. The van der Waals surface area contributed by atoms with E-state index in [1.54, 1.807) is 0 Å². The average Bonchev–Trinajstić information content (AvgIpc) is 2.51. The van der Waals surface area contributed by atoms with E-state index < -0.39 is 0 Å². The number of carbonyl (C=O) groups excluding carboxylic acids is 1. The topological polar surface area (TPSA) is 52.6 Å². The van der Waals surface area contributed by atoms with Crippen molar-refractivity contribution in [2.24, 2.45) is 5.41 Å². The zero-order valence-electron chi connectivity index (χ0n) is 13.1. The first-order valence-electron chi connectivity index (χ1n) is 7.77. The van der Waals surface area contributed by atoms with E-state index in [2.05, 4.69) is 17.1 Å². The van der Waals surface area contributed by atoms with Gasteiger partial charge in [0.2, 0.25) is 5.91 Å². The fourth-order valence-electron chi connectivity index (χ4n) is 2.91. The second-order valence-electron chi connectivity index (χ2n) is 6.15. The molecule has 0 saturated carbocycles. The maximum absolute atomic E-state index is 12.1. The minimum absolute atomic E-state index is 0.0392. The van der Waals surface area contributed by atoms with Gasteiger partial charge in [0.15, 0.2) is 0 Å². The van der Waals surface area contributed by atoms with Gasteiger partial charge in [-0.25, -0.2) is 0 Å². The van der Waals surface area contributed by atoms with E-state index in [0.29, 0.717) is 6.54 Å². The standard InChI is InChI=1S/C17H26N2O2/c1-3-17(13-20)8-10-19(11-9-17)12-16(21)18-15-7-5-4-6-14(15)2/h4-7,20H,3,8-13H2,1-2H3,(H,18,21).